The zero-order valence-electron chi connectivity index (χ0n) is 9.42. The van der Waals surface area contributed by atoms with Gasteiger partial charge in [0.1, 0.15) is 11.6 Å². The third-order valence-corrected chi connectivity index (χ3v) is 2.93. The number of ether oxygens (including phenoxy) is 1. The van der Waals surface area contributed by atoms with Gasteiger partial charge in [0.15, 0.2) is 5.78 Å². The highest BCUT2D eigenvalue weighted by molar-refractivity contribution is 5.96. The lowest BCUT2D eigenvalue weighted by molar-refractivity contribution is 0.0127. The van der Waals surface area contributed by atoms with Crippen molar-refractivity contribution in [1.29, 1.82) is 0 Å². The Hall–Kier alpha value is -1.29. The Balaban J connectivity index is 2.08. The molecule has 1 saturated heterocycles. The lowest BCUT2D eigenvalue weighted by atomic mass is 9.99. The monoisotopic (exact) mass is 240 g/mol. The van der Waals surface area contributed by atoms with Crippen LogP contribution in [-0.2, 0) is 4.74 Å². The molecule has 0 spiro atoms. The second-order valence-corrected chi connectivity index (χ2v) is 4.21. The number of halogens is 2. The average molecular weight is 240 g/mol. The van der Waals surface area contributed by atoms with Gasteiger partial charge in [0.25, 0.3) is 0 Å². The predicted octanol–water partition coefficient (Wildman–Crippen LogP) is 3.11. The number of carbonyl (C=O) groups is 1. The van der Waals surface area contributed by atoms with Gasteiger partial charge in [-0.25, -0.2) is 8.78 Å². The summed E-state index contributed by atoms with van der Waals surface area (Å²) < 4.78 is 32.1. The molecule has 1 fully saturated rings. The maximum Gasteiger partial charge on any atom is 0.171 e. The van der Waals surface area contributed by atoms with Crippen LogP contribution in [0.5, 0.6) is 0 Å². The summed E-state index contributed by atoms with van der Waals surface area (Å²) in [6.45, 7) is 0.623. The van der Waals surface area contributed by atoms with Crippen LogP contribution in [0.2, 0.25) is 0 Å². The fraction of sp³-hybridized carbons (Fsp3) is 0.462. The number of Topliss-reactive ketones (excluding diaryl/α,β-unsaturated/α-hetero) is 1. The molecule has 2 rings (SSSR count). The number of ketones is 1. The van der Waals surface area contributed by atoms with Crippen LogP contribution in [-0.4, -0.2) is 18.5 Å². The lowest BCUT2D eigenvalue weighted by Gasteiger charge is -2.21. The first-order valence-electron chi connectivity index (χ1n) is 5.77. The van der Waals surface area contributed by atoms with Crippen molar-refractivity contribution in [2.45, 2.75) is 31.8 Å². The van der Waals surface area contributed by atoms with Gasteiger partial charge >= 0.3 is 0 Å². The van der Waals surface area contributed by atoms with Crippen molar-refractivity contribution >= 4 is 5.78 Å². The average Bonchev–Trinajstić information content (AvgIpc) is 2.30. The summed E-state index contributed by atoms with van der Waals surface area (Å²) >= 11 is 0. The van der Waals surface area contributed by atoms with Gasteiger partial charge in [0, 0.05) is 13.0 Å². The van der Waals surface area contributed by atoms with Gasteiger partial charge in [0.2, 0.25) is 0 Å². The van der Waals surface area contributed by atoms with Crippen molar-refractivity contribution in [1.82, 2.24) is 0 Å². The molecule has 1 aliphatic heterocycles. The van der Waals surface area contributed by atoms with Gasteiger partial charge in [-0.3, -0.25) is 4.79 Å². The lowest BCUT2D eigenvalue weighted by Crippen LogP contribution is -2.23. The topological polar surface area (TPSA) is 26.3 Å². The maximum atomic E-state index is 13.4. The Morgan fingerprint density at radius 2 is 2.00 bits per heavy atom. The fourth-order valence-electron chi connectivity index (χ4n) is 2.04. The fourth-order valence-corrected chi connectivity index (χ4v) is 2.04. The molecule has 92 valence electrons. The summed E-state index contributed by atoms with van der Waals surface area (Å²) in [5.41, 5.74) is -0.443. The Morgan fingerprint density at radius 3 is 2.59 bits per heavy atom. The Morgan fingerprint density at radius 1 is 1.29 bits per heavy atom. The molecule has 1 aromatic carbocycles. The second-order valence-electron chi connectivity index (χ2n) is 4.21. The molecule has 0 amide bonds. The van der Waals surface area contributed by atoms with Gasteiger partial charge in [-0.05, 0) is 31.4 Å². The minimum Gasteiger partial charge on any atom is -0.378 e. The molecular weight excluding hydrogens is 226 g/mol. The molecule has 1 atom stereocenters. The first-order valence-corrected chi connectivity index (χ1v) is 5.77. The van der Waals surface area contributed by atoms with Gasteiger partial charge in [0.05, 0.1) is 11.7 Å². The van der Waals surface area contributed by atoms with Crippen molar-refractivity contribution < 1.29 is 18.3 Å². The normalized spacial score (nSPS) is 20.2. The van der Waals surface area contributed by atoms with Gasteiger partial charge in [-0.1, -0.05) is 6.07 Å². The van der Waals surface area contributed by atoms with Crippen molar-refractivity contribution in [2.75, 3.05) is 6.61 Å². The summed E-state index contributed by atoms with van der Waals surface area (Å²) in [6, 6.07) is 3.44. The maximum absolute atomic E-state index is 13.4. The molecule has 0 aromatic heterocycles. The van der Waals surface area contributed by atoms with Crippen LogP contribution in [0.25, 0.3) is 0 Å². The largest absolute Gasteiger partial charge is 0.378 e. The molecule has 0 bridgehead atoms. The van der Waals surface area contributed by atoms with E-state index in [2.05, 4.69) is 0 Å². The molecule has 4 heteroatoms. The molecule has 1 heterocycles. The van der Waals surface area contributed by atoms with Crippen LogP contribution in [0.3, 0.4) is 0 Å². The zero-order valence-corrected chi connectivity index (χ0v) is 9.42. The van der Waals surface area contributed by atoms with Crippen molar-refractivity contribution in [3.05, 3.63) is 35.4 Å². The van der Waals surface area contributed by atoms with Crippen molar-refractivity contribution in [3.8, 4) is 0 Å². The number of rotatable bonds is 3. The van der Waals surface area contributed by atoms with Crippen LogP contribution in [0.4, 0.5) is 8.78 Å². The molecule has 0 aliphatic carbocycles. The standard InChI is InChI=1S/C13H14F2O2/c14-10-5-3-6-11(15)13(10)12(16)8-9-4-1-2-7-17-9/h3,5-6,9H,1-2,4,7-8H2. The molecule has 1 aliphatic rings. The quantitative estimate of drug-likeness (QED) is 0.759. The summed E-state index contributed by atoms with van der Waals surface area (Å²) in [5, 5.41) is 0. The number of carbonyl (C=O) groups excluding carboxylic acids is 1. The summed E-state index contributed by atoms with van der Waals surface area (Å²) in [6.07, 6.45) is 2.62. The van der Waals surface area contributed by atoms with E-state index < -0.39 is 23.0 Å². The summed E-state index contributed by atoms with van der Waals surface area (Å²) in [4.78, 5) is 11.8. The summed E-state index contributed by atoms with van der Waals surface area (Å²) in [5.74, 6) is -2.12. The minimum absolute atomic E-state index is 0.0534. The van der Waals surface area contributed by atoms with Crippen LogP contribution < -0.4 is 0 Å². The predicted molar refractivity (Wildman–Crippen MR) is 58.9 cm³/mol. The van der Waals surface area contributed by atoms with E-state index in [0.29, 0.717) is 6.61 Å². The van der Waals surface area contributed by atoms with E-state index in [4.69, 9.17) is 4.74 Å². The molecule has 0 N–H and O–H groups in total. The first-order chi connectivity index (χ1) is 8.18. The molecule has 1 aromatic rings. The van der Waals surface area contributed by atoms with Gasteiger partial charge in [-0.2, -0.15) is 0 Å². The first kappa shape index (κ1) is 12.2. The van der Waals surface area contributed by atoms with E-state index in [0.717, 1.165) is 31.4 Å². The molecule has 0 saturated carbocycles. The van der Waals surface area contributed by atoms with E-state index >= 15 is 0 Å². The molecule has 1 unspecified atom stereocenters. The second kappa shape index (κ2) is 5.36. The van der Waals surface area contributed by atoms with Gasteiger partial charge < -0.3 is 4.74 Å². The number of hydrogen-bond acceptors (Lipinski definition) is 2. The third kappa shape index (κ3) is 2.88. The van der Waals surface area contributed by atoms with Crippen molar-refractivity contribution in [2.24, 2.45) is 0 Å². The van der Waals surface area contributed by atoms with E-state index in [-0.39, 0.29) is 12.5 Å². The van der Waals surface area contributed by atoms with E-state index in [1.807, 2.05) is 0 Å². The van der Waals surface area contributed by atoms with Crippen LogP contribution in [0.1, 0.15) is 36.0 Å². The number of benzene rings is 1. The van der Waals surface area contributed by atoms with Crippen LogP contribution in [0, 0.1) is 11.6 Å². The highest BCUT2D eigenvalue weighted by Gasteiger charge is 2.22. The Bertz CT molecular complexity index is 392. The molecular formula is C13H14F2O2. The summed E-state index contributed by atoms with van der Waals surface area (Å²) in [7, 11) is 0. The molecule has 2 nitrogen and oxygen atoms in total. The van der Waals surface area contributed by atoms with E-state index in [1.54, 1.807) is 0 Å². The highest BCUT2D eigenvalue weighted by atomic mass is 19.1. The number of hydrogen-bond donors (Lipinski definition) is 0. The highest BCUT2D eigenvalue weighted by Crippen LogP contribution is 2.20. The smallest absolute Gasteiger partial charge is 0.171 e. The zero-order chi connectivity index (χ0) is 12.3. The van der Waals surface area contributed by atoms with E-state index in [1.165, 1.54) is 6.07 Å². The third-order valence-electron chi connectivity index (χ3n) is 2.93. The molecule has 0 radical (unpaired) electrons. The Kier molecular flexibility index (Phi) is 3.84. The SMILES string of the molecule is O=C(CC1CCCCO1)c1c(F)cccc1F. The Labute approximate surface area is 98.6 Å². The molecule has 17 heavy (non-hydrogen) atoms. The van der Waals surface area contributed by atoms with Crippen molar-refractivity contribution in [3.63, 3.8) is 0 Å². The van der Waals surface area contributed by atoms with Gasteiger partial charge in [-0.15, -0.1) is 0 Å². The minimum atomic E-state index is -0.800. The van der Waals surface area contributed by atoms with Crippen LogP contribution in [0.15, 0.2) is 18.2 Å². The van der Waals surface area contributed by atoms with E-state index in [9.17, 15) is 13.6 Å². The van der Waals surface area contributed by atoms with Crippen LogP contribution >= 0.6 is 0 Å².